The van der Waals surface area contributed by atoms with Gasteiger partial charge >= 0.3 is 0 Å². The van der Waals surface area contributed by atoms with Gasteiger partial charge in [0.15, 0.2) is 0 Å². The van der Waals surface area contributed by atoms with E-state index in [2.05, 4.69) is 6.07 Å². The molecule has 0 heterocycles. The molecule has 2 nitrogen and oxygen atoms in total. The summed E-state index contributed by atoms with van der Waals surface area (Å²) in [6.07, 6.45) is 4.75. The lowest BCUT2D eigenvalue weighted by Crippen LogP contribution is -2.03. The van der Waals surface area contributed by atoms with Crippen molar-refractivity contribution < 1.29 is 4.74 Å². The summed E-state index contributed by atoms with van der Waals surface area (Å²) in [4.78, 5) is 0. The maximum Gasteiger partial charge on any atom is 0.0916 e. The highest BCUT2D eigenvalue weighted by Crippen LogP contribution is 2.22. The van der Waals surface area contributed by atoms with Gasteiger partial charge in [0.05, 0.1) is 24.9 Å². The van der Waals surface area contributed by atoms with Crippen LogP contribution >= 0.6 is 0 Å². The molecule has 0 N–H and O–H groups in total. The van der Waals surface area contributed by atoms with Crippen molar-refractivity contribution in [1.82, 2.24) is 0 Å². The minimum absolute atomic E-state index is 0.221. The predicted molar refractivity (Wildman–Crippen MR) is 38.0 cm³/mol. The van der Waals surface area contributed by atoms with Crippen LogP contribution < -0.4 is 0 Å². The summed E-state index contributed by atoms with van der Waals surface area (Å²) < 4.78 is 5.04. The fraction of sp³-hybridized carbons (Fsp3) is 0.625. The lowest BCUT2D eigenvalue weighted by molar-refractivity contribution is 0.260. The molecule has 0 spiro atoms. The molecule has 0 aromatic heterocycles. The second-order valence-electron chi connectivity index (χ2n) is 2.47. The normalized spacial score (nSPS) is 24.8. The van der Waals surface area contributed by atoms with Gasteiger partial charge in [0.1, 0.15) is 0 Å². The van der Waals surface area contributed by atoms with Gasteiger partial charge in [0.25, 0.3) is 0 Å². The van der Waals surface area contributed by atoms with Gasteiger partial charge in [-0.15, -0.1) is 0 Å². The first-order chi connectivity index (χ1) is 4.86. The Balaban J connectivity index is 2.46. The molecular weight excluding hydrogens is 126 g/mol. The van der Waals surface area contributed by atoms with Crippen LogP contribution in [0.1, 0.15) is 19.3 Å². The van der Waals surface area contributed by atoms with Crippen LogP contribution in [-0.4, -0.2) is 7.11 Å². The molecule has 0 radical (unpaired) electrons. The van der Waals surface area contributed by atoms with E-state index in [1.165, 1.54) is 0 Å². The van der Waals surface area contributed by atoms with Crippen LogP contribution in [0.25, 0.3) is 0 Å². The third-order valence-corrected chi connectivity index (χ3v) is 1.81. The van der Waals surface area contributed by atoms with Gasteiger partial charge in [-0.25, -0.2) is 0 Å². The minimum Gasteiger partial charge on any atom is -0.501 e. The molecule has 0 aromatic carbocycles. The Morgan fingerprint density at radius 1 is 1.80 bits per heavy atom. The molecule has 54 valence electrons. The van der Waals surface area contributed by atoms with E-state index in [0.29, 0.717) is 0 Å². The number of ether oxygens (including phenoxy) is 1. The average Bonchev–Trinajstić information content (AvgIpc) is 2.05. The summed E-state index contributed by atoms with van der Waals surface area (Å²) in [7, 11) is 1.68. The van der Waals surface area contributed by atoms with Crippen molar-refractivity contribution in [1.29, 1.82) is 5.26 Å². The van der Waals surface area contributed by atoms with Crippen LogP contribution in [0.5, 0.6) is 0 Å². The first kappa shape index (κ1) is 7.14. The number of allylic oxidation sites excluding steroid dienone is 2. The molecule has 0 saturated carbocycles. The first-order valence-corrected chi connectivity index (χ1v) is 3.49. The fourth-order valence-electron chi connectivity index (χ4n) is 1.11. The predicted octanol–water partition coefficient (Wildman–Crippen LogP) is 1.84. The fourth-order valence-corrected chi connectivity index (χ4v) is 1.11. The topological polar surface area (TPSA) is 33.0 Å². The van der Waals surface area contributed by atoms with E-state index in [-0.39, 0.29) is 5.92 Å². The van der Waals surface area contributed by atoms with Crippen LogP contribution in [0.3, 0.4) is 0 Å². The Kier molecular flexibility index (Phi) is 2.33. The molecule has 0 amide bonds. The first-order valence-electron chi connectivity index (χ1n) is 3.49. The van der Waals surface area contributed by atoms with Crippen molar-refractivity contribution in [2.75, 3.05) is 7.11 Å². The maximum atomic E-state index is 8.53. The highest BCUT2D eigenvalue weighted by Gasteiger charge is 2.12. The Labute approximate surface area is 61.1 Å². The summed E-state index contributed by atoms with van der Waals surface area (Å²) in [6, 6.07) is 2.25. The Morgan fingerprint density at radius 3 is 3.00 bits per heavy atom. The van der Waals surface area contributed by atoms with Crippen LogP contribution in [-0.2, 0) is 4.74 Å². The quantitative estimate of drug-likeness (QED) is 0.552. The molecule has 10 heavy (non-hydrogen) atoms. The van der Waals surface area contributed by atoms with Crippen LogP contribution in [0.4, 0.5) is 0 Å². The summed E-state index contributed by atoms with van der Waals surface area (Å²) in [5.41, 5.74) is 0. The summed E-state index contributed by atoms with van der Waals surface area (Å²) in [5, 5.41) is 8.53. The lowest BCUT2D eigenvalue weighted by atomic mass is 9.95. The van der Waals surface area contributed by atoms with E-state index < -0.39 is 0 Å². The third-order valence-electron chi connectivity index (χ3n) is 1.81. The summed E-state index contributed by atoms with van der Waals surface area (Å²) >= 11 is 0. The van der Waals surface area contributed by atoms with Gasteiger partial charge in [0.2, 0.25) is 0 Å². The van der Waals surface area contributed by atoms with Gasteiger partial charge < -0.3 is 4.74 Å². The maximum absolute atomic E-state index is 8.53. The molecule has 1 unspecified atom stereocenters. The Morgan fingerprint density at radius 2 is 2.60 bits per heavy atom. The van der Waals surface area contributed by atoms with Crippen molar-refractivity contribution in [3.8, 4) is 6.07 Å². The molecule has 1 aliphatic rings. The summed E-state index contributed by atoms with van der Waals surface area (Å²) in [5.74, 6) is 1.25. The zero-order valence-corrected chi connectivity index (χ0v) is 6.13. The Bertz CT molecular complexity index is 178. The van der Waals surface area contributed by atoms with Crippen LogP contribution in [0.2, 0.25) is 0 Å². The van der Waals surface area contributed by atoms with E-state index in [1.807, 2.05) is 6.08 Å². The van der Waals surface area contributed by atoms with Crippen molar-refractivity contribution in [3.63, 3.8) is 0 Å². The van der Waals surface area contributed by atoms with E-state index in [0.717, 1.165) is 25.0 Å². The molecule has 0 saturated heterocycles. The highest BCUT2D eigenvalue weighted by molar-refractivity contribution is 5.03. The Hall–Kier alpha value is -0.970. The SMILES string of the molecule is COC1=CCC(C#N)CC1. The zero-order valence-electron chi connectivity index (χ0n) is 6.13. The van der Waals surface area contributed by atoms with Crippen molar-refractivity contribution in [2.45, 2.75) is 19.3 Å². The number of nitriles is 1. The molecule has 1 atom stereocenters. The molecular formula is C8H11NO. The van der Waals surface area contributed by atoms with Gasteiger partial charge in [-0.1, -0.05) is 0 Å². The van der Waals surface area contributed by atoms with E-state index >= 15 is 0 Å². The second kappa shape index (κ2) is 3.26. The van der Waals surface area contributed by atoms with E-state index in [1.54, 1.807) is 7.11 Å². The zero-order chi connectivity index (χ0) is 7.40. The van der Waals surface area contributed by atoms with Crippen molar-refractivity contribution >= 4 is 0 Å². The van der Waals surface area contributed by atoms with E-state index in [4.69, 9.17) is 10.00 Å². The number of rotatable bonds is 1. The van der Waals surface area contributed by atoms with Crippen LogP contribution in [0, 0.1) is 17.2 Å². The summed E-state index contributed by atoms with van der Waals surface area (Å²) in [6.45, 7) is 0. The van der Waals surface area contributed by atoms with E-state index in [9.17, 15) is 0 Å². The average molecular weight is 137 g/mol. The van der Waals surface area contributed by atoms with Gasteiger partial charge in [-0.3, -0.25) is 0 Å². The molecule has 2 heteroatoms. The van der Waals surface area contributed by atoms with Crippen LogP contribution in [0.15, 0.2) is 11.8 Å². The number of nitrogens with zero attached hydrogens (tertiary/aromatic N) is 1. The molecule has 0 bridgehead atoms. The number of hydrogen-bond donors (Lipinski definition) is 0. The highest BCUT2D eigenvalue weighted by atomic mass is 16.5. The standard InChI is InChI=1S/C8H11NO/c1-10-8-4-2-7(6-9)3-5-8/h4,7H,2-3,5H2,1H3. The molecule has 0 aliphatic heterocycles. The molecule has 0 fully saturated rings. The number of methoxy groups -OCH3 is 1. The smallest absolute Gasteiger partial charge is 0.0916 e. The van der Waals surface area contributed by atoms with Crippen molar-refractivity contribution in [3.05, 3.63) is 11.8 Å². The van der Waals surface area contributed by atoms with Gasteiger partial charge in [0, 0.05) is 6.42 Å². The largest absolute Gasteiger partial charge is 0.501 e. The molecule has 0 aromatic rings. The molecule has 1 aliphatic carbocycles. The minimum atomic E-state index is 0.221. The third kappa shape index (κ3) is 1.51. The monoisotopic (exact) mass is 137 g/mol. The second-order valence-corrected chi connectivity index (χ2v) is 2.47. The van der Waals surface area contributed by atoms with Gasteiger partial charge in [-0.05, 0) is 18.9 Å². The number of hydrogen-bond acceptors (Lipinski definition) is 2. The lowest BCUT2D eigenvalue weighted by Gasteiger charge is -2.14. The van der Waals surface area contributed by atoms with Gasteiger partial charge in [-0.2, -0.15) is 5.26 Å². The molecule has 1 rings (SSSR count). The van der Waals surface area contributed by atoms with Crippen molar-refractivity contribution in [2.24, 2.45) is 5.92 Å².